The molecule has 364 valence electrons. The SMILES string of the molecule is ClCl.[Ru].c1ccc(-c2ccnc(-c3cc(-c4ccccc4)ccn3)c2)cc1.c1ccc(-c2ccnc(-c3cc(-c4ccccc4)ccn3)c2)cc1.c1ccc(-c2ccnc(-c3cc(-c4ccccc4)ccn3)c2)cc1. The number of rotatable bonds is 9. The zero-order valence-electron chi connectivity index (χ0n) is 40.5. The van der Waals surface area contributed by atoms with Gasteiger partial charge < -0.3 is 0 Å². The van der Waals surface area contributed by atoms with Gasteiger partial charge in [-0.05, 0) is 140 Å². The molecule has 0 radical (unpaired) electrons. The average Bonchev–Trinajstić information content (AvgIpc) is 3.51. The number of hydrogen-bond donors (Lipinski definition) is 0. The third-order valence-electron chi connectivity index (χ3n) is 12.0. The normalized spacial score (nSPS) is 10.2. The molecule has 75 heavy (non-hydrogen) atoms. The van der Waals surface area contributed by atoms with Crippen LogP contribution in [0.3, 0.4) is 0 Å². The Morgan fingerprint density at radius 2 is 0.307 bits per heavy atom. The van der Waals surface area contributed by atoms with Gasteiger partial charge in [0.05, 0.1) is 34.2 Å². The zero-order chi connectivity index (χ0) is 50.6. The molecule has 12 rings (SSSR count). The van der Waals surface area contributed by atoms with Gasteiger partial charge in [-0.15, -0.1) is 0 Å². The molecule has 0 aliphatic heterocycles. The van der Waals surface area contributed by atoms with Crippen LogP contribution in [0.15, 0.2) is 292 Å². The summed E-state index contributed by atoms with van der Waals surface area (Å²) in [7, 11) is 8.22. The van der Waals surface area contributed by atoms with Crippen LogP contribution in [0.5, 0.6) is 0 Å². The standard InChI is InChI=1S/3C22H16N2.Cl2.Ru/c3*1-3-7-17(8-4-1)19-11-13-23-21(15-19)22-16-20(12-14-24-22)18-9-5-2-6-10-18;1-2;/h3*1-16H;;. The Labute approximate surface area is 460 Å². The van der Waals surface area contributed by atoms with Crippen molar-refractivity contribution in [2.45, 2.75) is 0 Å². The maximum Gasteiger partial charge on any atom is 0.0892 e. The molecule has 0 amide bonds. The van der Waals surface area contributed by atoms with E-state index in [0.29, 0.717) is 0 Å². The fourth-order valence-corrected chi connectivity index (χ4v) is 8.28. The summed E-state index contributed by atoms with van der Waals surface area (Å²) in [5.41, 5.74) is 19.3. The predicted octanol–water partition coefficient (Wildman–Crippen LogP) is 17.8. The Bertz CT molecular complexity index is 3010. The molecule has 0 fully saturated rings. The van der Waals surface area contributed by atoms with Gasteiger partial charge in [-0.2, -0.15) is 0 Å². The van der Waals surface area contributed by atoms with Crippen LogP contribution in [0.1, 0.15) is 0 Å². The van der Waals surface area contributed by atoms with Crippen molar-refractivity contribution in [1.29, 1.82) is 0 Å². The molecule has 6 aromatic heterocycles. The van der Waals surface area contributed by atoms with Crippen LogP contribution in [-0.4, -0.2) is 29.9 Å². The van der Waals surface area contributed by atoms with Gasteiger partial charge in [-0.1, -0.05) is 182 Å². The molecule has 0 saturated heterocycles. The molecule has 0 saturated carbocycles. The topological polar surface area (TPSA) is 77.3 Å². The third-order valence-corrected chi connectivity index (χ3v) is 12.0. The minimum absolute atomic E-state index is 0. The fourth-order valence-electron chi connectivity index (χ4n) is 8.28. The van der Waals surface area contributed by atoms with Crippen LogP contribution in [0.25, 0.3) is 101 Å². The van der Waals surface area contributed by atoms with Crippen LogP contribution in [0, 0.1) is 0 Å². The first kappa shape index (κ1) is 52.7. The molecule has 0 aliphatic rings. The van der Waals surface area contributed by atoms with E-state index in [1.807, 2.05) is 183 Å². The third kappa shape index (κ3) is 14.3. The van der Waals surface area contributed by atoms with Crippen LogP contribution in [0.4, 0.5) is 0 Å². The average molecular weight is 1100 g/mol. The van der Waals surface area contributed by atoms with Crippen LogP contribution in [0.2, 0.25) is 0 Å². The Morgan fingerprint density at radius 3 is 0.440 bits per heavy atom. The van der Waals surface area contributed by atoms with Crippen molar-refractivity contribution >= 4 is 21.7 Å². The van der Waals surface area contributed by atoms with Gasteiger partial charge in [0.25, 0.3) is 0 Å². The molecule has 12 aromatic rings. The number of benzene rings is 6. The van der Waals surface area contributed by atoms with Crippen molar-refractivity contribution in [3.8, 4) is 101 Å². The van der Waals surface area contributed by atoms with E-state index in [1.54, 1.807) is 0 Å². The van der Waals surface area contributed by atoms with Crippen LogP contribution < -0.4 is 0 Å². The van der Waals surface area contributed by atoms with E-state index in [4.69, 9.17) is 0 Å². The molecule has 0 spiro atoms. The molecule has 0 unspecified atom stereocenters. The van der Waals surface area contributed by atoms with Gasteiger partial charge in [0.1, 0.15) is 0 Å². The first-order valence-electron chi connectivity index (χ1n) is 23.9. The summed E-state index contributed by atoms with van der Waals surface area (Å²) in [6.45, 7) is 0. The summed E-state index contributed by atoms with van der Waals surface area (Å²) in [6.07, 6.45) is 11.1. The molecule has 0 N–H and O–H groups in total. The van der Waals surface area contributed by atoms with E-state index in [0.717, 1.165) is 67.5 Å². The monoisotopic (exact) mass is 1100 g/mol. The van der Waals surface area contributed by atoms with Crippen molar-refractivity contribution in [2.75, 3.05) is 0 Å². The number of hydrogen-bond acceptors (Lipinski definition) is 6. The summed E-state index contributed by atoms with van der Waals surface area (Å²) >= 11 is 0. The molecular formula is C66H48Cl2N6Ru. The second-order valence-corrected chi connectivity index (χ2v) is 16.8. The Hall–Kier alpha value is -8.58. The molecule has 6 aromatic carbocycles. The predicted molar refractivity (Wildman–Crippen MR) is 307 cm³/mol. The first-order chi connectivity index (χ1) is 36.7. The van der Waals surface area contributed by atoms with Gasteiger partial charge in [0.15, 0.2) is 0 Å². The summed E-state index contributed by atoms with van der Waals surface area (Å²) in [5.74, 6) is 0. The summed E-state index contributed by atoms with van der Waals surface area (Å²) in [6, 6.07) is 86.6. The van der Waals surface area contributed by atoms with Crippen LogP contribution in [-0.2, 0) is 19.5 Å². The summed E-state index contributed by atoms with van der Waals surface area (Å²) < 4.78 is 0. The van der Waals surface area contributed by atoms with Gasteiger partial charge in [-0.3, -0.25) is 29.9 Å². The van der Waals surface area contributed by atoms with E-state index in [1.165, 1.54) is 33.4 Å². The van der Waals surface area contributed by atoms with Crippen molar-refractivity contribution in [3.63, 3.8) is 0 Å². The first-order valence-corrected chi connectivity index (χ1v) is 25.1. The number of aromatic nitrogens is 6. The maximum atomic E-state index is 4.51. The molecule has 6 nitrogen and oxygen atoms in total. The summed E-state index contributed by atoms with van der Waals surface area (Å²) in [4.78, 5) is 27.0. The van der Waals surface area contributed by atoms with Crippen molar-refractivity contribution in [2.24, 2.45) is 0 Å². The number of pyridine rings is 6. The second-order valence-electron chi connectivity index (χ2n) is 16.8. The largest absolute Gasteiger partial charge is 0.255 e. The summed E-state index contributed by atoms with van der Waals surface area (Å²) in [5, 5.41) is 0. The quantitative estimate of drug-likeness (QED) is 0.134. The van der Waals surface area contributed by atoms with E-state index < -0.39 is 0 Å². The Morgan fingerprint density at radius 1 is 0.173 bits per heavy atom. The van der Waals surface area contributed by atoms with E-state index in [9.17, 15) is 0 Å². The molecule has 6 heterocycles. The number of nitrogens with zero attached hydrogens (tertiary/aromatic N) is 6. The molecule has 0 aliphatic carbocycles. The minimum Gasteiger partial charge on any atom is -0.255 e. The molecule has 0 bridgehead atoms. The van der Waals surface area contributed by atoms with Gasteiger partial charge in [0, 0.05) is 78.4 Å². The van der Waals surface area contributed by atoms with E-state index >= 15 is 0 Å². The van der Waals surface area contributed by atoms with Crippen molar-refractivity contribution in [3.05, 3.63) is 292 Å². The minimum atomic E-state index is 0. The van der Waals surface area contributed by atoms with Gasteiger partial charge in [0.2, 0.25) is 0 Å². The Kier molecular flexibility index (Phi) is 19.3. The second kappa shape index (κ2) is 27.5. The zero-order valence-corrected chi connectivity index (χ0v) is 43.8. The Balaban J connectivity index is 0.000000146. The van der Waals surface area contributed by atoms with Crippen molar-refractivity contribution in [1.82, 2.24) is 29.9 Å². The van der Waals surface area contributed by atoms with E-state index in [2.05, 4.69) is 161 Å². The van der Waals surface area contributed by atoms with Crippen molar-refractivity contribution < 1.29 is 19.5 Å². The molecule has 9 heteroatoms. The molecular weight excluding hydrogens is 1050 g/mol. The van der Waals surface area contributed by atoms with E-state index in [-0.39, 0.29) is 19.5 Å². The fraction of sp³-hybridized carbons (Fsp3) is 0. The van der Waals surface area contributed by atoms with Gasteiger partial charge >= 0.3 is 0 Å². The maximum absolute atomic E-state index is 4.51. The smallest absolute Gasteiger partial charge is 0.0892 e. The van der Waals surface area contributed by atoms with Gasteiger partial charge in [-0.25, -0.2) is 0 Å². The van der Waals surface area contributed by atoms with Crippen LogP contribution >= 0.6 is 21.7 Å². The molecule has 0 atom stereocenters. The number of halogens is 2.